The summed E-state index contributed by atoms with van der Waals surface area (Å²) in [7, 11) is 5.39. The minimum absolute atomic E-state index is 0.0166. The molecule has 4 rings (SSSR count). The van der Waals surface area contributed by atoms with Gasteiger partial charge in [-0.3, -0.25) is 19.3 Å². The molecular weight excluding hydrogens is 470 g/mol. The zero-order valence-corrected chi connectivity index (χ0v) is 21.4. The number of aryl methyl sites for hydroxylation is 1. The van der Waals surface area contributed by atoms with Gasteiger partial charge in [0.15, 0.2) is 0 Å². The molecule has 1 aliphatic rings. The number of hydrogen-bond acceptors (Lipinski definition) is 6. The second kappa shape index (κ2) is 10.2. The van der Waals surface area contributed by atoms with Gasteiger partial charge in [-0.05, 0) is 66.6 Å². The van der Waals surface area contributed by atoms with Crippen molar-refractivity contribution in [2.75, 3.05) is 36.3 Å². The number of anilines is 3. The third-order valence-electron chi connectivity index (χ3n) is 6.28. The van der Waals surface area contributed by atoms with Crippen LogP contribution in [0.15, 0.2) is 72.3 Å². The molecule has 0 radical (unpaired) electrons. The zero-order chi connectivity index (χ0) is 26.9. The van der Waals surface area contributed by atoms with Gasteiger partial charge in [-0.1, -0.05) is 18.2 Å². The van der Waals surface area contributed by atoms with Gasteiger partial charge in [-0.2, -0.15) is 0 Å². The number of rotatable bonds is 6. The molecule has 0 bridgehead atoms. The van der Waals surface area contributed by atoms with Crippen LogP contribution >= 0.6 is 0 Å². The lowest BCUT2D eigenvalue weighted by atomic mass is 9.94. The Hall–Kier alpha value is -4.59. The number of Topliss-reactive ketones (excluding diaryl/α,β-unsaturated/α-hetero) is 1. The molecule has 1 atom stereocenters. The average molecular weight is 500 g/mol. The maximum absolute atomic E-state index is 13.4. The lowest BCUT2D eigenvalue weighted by Crippen LogP contribution is -2.29. The van der Waals surface area contributed by atoms with Crippen molar-refractivity contribution in [2.24, 2.45) is 0 Å². The van der Waals surface area contributed by atoms with Gasteiger partial charge in [0.2, 0.25) is 5.91 Å². The van der Waals surface area contributed by atoms with E-state index in [9.17, 15) is 19.5 Å². The standard InChI is InChI=1S/C29H29N3O5/c1-17-15-20(11-14-24(17)37-5)27(34)25-26(19-9-12-22(13-10-19)31(3)4)32(29(36)28(25)35)23-8-6-7-21(16-23)30-18(2)33/h6-16,26,34H,1-5H3,(H,30,33)/b27-25+. The summed E-state index contributed by atoms with van der Waals surface area (Å²) in [6.07, 6.45) is 0. The molecule has 3 aromatic carbocycles. The molecule has 1 unspecified atom stereocenters. The Kier molecular flexibility index (Phi) is 7.02. The maximum Gasteiger partial charge on any atom is 0.300 e. The normalized spacial score (nSPS) is 16.6. The van der Waals surface area contributed by atoms with Crippen molar-refractivity contribution in [3.05, 3.63) is 89.0 Å². The minimum atomic E-state index is -0.883. The zero-order valence-electron chi connectivity index (χ0n) is 21.4. The summed E-state index contributed by atoms with van der Waals surface area (Å²) in [4.78, 5) is 41.8. The van der Waals surface area contributed by atoms with Gasteiger partial charge < -0.3 is 20.1 Å². The molecule has 8 nitrogen and oxygen atoms in total. The predicted molar refractivity (Wildman–Crippen MR) is 144 cm³/mol. The van der Waals surface area contributed by atoms with E-state index in [-0.39, 0.29) is 17.2 Å². The van der Waals surface area contributed by atoms with Crippen LogP contribution in [0.25, 0.3) is 5.76 Å². The maximum atomic E-state index is 13.4. The molecule has 0 saturated carbocycles. The first-order valence-electron chi connectivity index (χ1n) is 11.7. The number of hydrogen-bond donors (Lipinski definition) is 2. The molecule has 0 spiro atoms. The van der Waals surface area contributed by atoms with Gasteiger partial charge in [0.05, 0.1) is 18.7 Å². The molecule has 3 aromatic rings. The van der Waals surface area contributed by atoms with E-state index in [1.54, 1.807) is 49.6 Å². The topological polar surface area (TPSA) is 99.2 Å². The number of ether oxygens (including phenoxy) is 1. The van der Waals surface area contributed by atoms with Gasteiger partial charge in [-0.15, -0.1) is 0 Å². The Morgan fingerprint density at radius 3 is 2.32 bits per heavy atom. The number of nitrogens with zero attached hydrogens (tertiary/aromatic N) is 2. The number of aliphatic hydroxyl groups is 1. The number of aliphatic hydroxyl groups excluding tert-OH is 1. The highest BCUT2D eigenvalue weighted by Gasteiger charge is 2.47. The summed E-state index contributed by atoms with van der Waals surface area (Å²) in [5.41, 5.74) is 3.66. The Balaban J connectivity index is 1.91. The average Bonchev–Trinajstić information content (AvgIpc) is 3.13. The SMILES string of the molecule is COc1ccc(/C(O)=C2\C(=O)C(=O)N(c3cccc(NC(C)=O)c3)C2c2ccc(N(C)C)cc2)cc1C. The van der Waals surface area contributed by atoms with E-state index in [2.05, 4.69) is 5.32 Å². The lowest BCUT2D eigenvalue weighted by Gasteiger charge is -2.26. The molecule has 1 fully saturated rings. The number of carbonyl (C=O) groups excluding carboxylic acids is 3. The van der Waals surface area contributed by atoms with Crippen molar-refractivity contribution in [1.82, 2.24) is 0 Å². The van der Waals surface area contributed by atoms with Crippen molar-refractivity contribution < 1.29 is 24.2 Å². The second-order valence-corrected chi connectivity index (χ2v) is 9.07. The van der Waals surface area contributed by atoms with Crippen molar-refractivity contribution in [3.8, 4) is 5.75 Å². The molecule has 37 heavy (non-hydrogen) atoms. The van der Waals surface area contributed by atoms with E-state index < -0.39 is 17.7 Å². The van der Waals surface area contributed by atoms with Crippen molar-refractivity contribution in [3.63, 3.8) is 0 Å². The smallest absolute Gasteiger partial charge is 0.300 e. The molecule has 190 valence electrons. The Morgan fingerprint density at radius 1 is 1.03 bits per heavy atom. The van der Waals surface area contributed by atoms with E-state index in [1.165, 1.54) is 11.8 Å². The van der Waals surface area contributed by atoms with Gasteiger partial charge in [0.1, 0.15) is 11.5 Å². The van der Waals surface area contributed by atoms with Crippen LogP contribution in [0.4, 0.5) is 17.1 Å². The van der Waals surface area contributed by atoms with Gasteiger partial charge in [0.25, 0.3) is 11.7 Å². The quantitative estimate of drug-likeness (QED) is 0.291. The molecule has 0 aromatic heterocycles. The molecule has 2 N–H and O–H groups in total. The highest BCUT2D eigenvalue weighted by Crippen LogP contribution is 2.43. The van der Waals surface area contributed by atoms with Crippen LogP contribution in [0.2, 0.25) is 0 Å². The summed E-state index contributed by atoms with van der Waals surface area (Å²) < 4.78 is 5.32. The largest absolute Gasteiger partial charge is 0.507 e. The number of ketones is 1. The highest BCUT2D eigenvalue weighted by atomic mass is 16.5. The lowest BCUT2D eigenvalue weighted by molar-refractivity contribution is -0.132. The fourth-order valence-electron chi connectivity index (χ4n) is 4.49. The van der Waals surface area contributed by atoms with Crippen LogP contribution in [0.1, 0.15) is 29.7 Å². The molecule has 1 aliphatic heterocycles. The minimum Gasteiger partial charge on any atom is -0.507 e. The van der Waals surface area contributed by atoms with Crippen LogP contribution in [-0.2, 0) is 14.4 Å². The Morgan fingerprint density at radius 2 is 1.73 bits per heavy atom. The van der Waals surface area contributed by atoms with Crippen LogP contribution in [-0.4, -0.2) is 43.9 Å². The van der Waals surface area contributed by atoms with E-state index in [4.69, 9.17) is 4.74 Å². The van der Waals surface area contributed by atoms with Gasteiger partial charge in [-0.25, -0.2) is 0 Å². The second-order valence-electron chi connectivity index (χ2n) is 9.07. The molecule has 1 saturated heterocycles. The first-order valence-corrected chi connectivity index (χ1v) is 11.7. The number of benzene rings is 3. The highest BCUT2D eigenvalue weighted by molar-refractivity contribution is 6.51. The summed E-state index contributed by atoms with van der Waals surface area (Å²) >= 11 is 0. The van der Waals surface area contributed by atoms with E-state index in [0.717, 1.165) is 11.3 Å². The summed E-state index contributed by atoms with van der Waals surface area (Å²) in [6.45, 7) is 3.22. The first kappa shape index (κ1) is 25.5. The molecule has 2 amide bonds. The van der Waals surface area contributed by atoms with Crippen LogP contribution in [0.5, 0.6) is 5.75 Å². The first-order chi connectivity index (χ1) is 17.6. The third kappa shape index (κ3) is 4.91. The van der Waals surface area contributed by atoms with Crippen LogP contribution < -0.4 is 19.9 Å². The van der Waals surface area contributed by atoms with Crippen LogP contribution in [0.3, 0.4) is 0 Å². The number of nitrogens with one attached hydrogen (secondary N) is 1. The van der Waals surface area contributed by atoms with Crippen molar-refractivity contribution in [2.45, 2.75) is 19.9 Å². The number of carbonyl (C=O) groups is 3. The summed E-state index contributed by atoms with van der Waals surface area (Å²) in [5, 5.41) is 14.1. The molecule has 0 aliphatic carbocycles. The fourth-order valence-corrected chi connectivity index (χ4v) is 4.49. The third-order valence-corrected chi connectivity index (χ3v) is 6.28. The van der Waals surface area contributed by atoms with Gasteiger partial charge >= 0.3 is 0 Å². The Bertz CT molecular complexity index is 1410. The molecule has 8 heteroatoms. The van der Waals surface area contributed by atoms with Crippen molar-refractivity contribution >= 4 is 40.4 Å². The number of methoxy groups -OCH3 is 1. The Labute approximate surface area is 215 Å². The summed E-state index contributed by atoms with van der Waals surface area (Å²) in [5.74, 6) is -1.45. The monoisotopic (exact) mass is 499 g/mol. The fraction of sp³-hybridized carbons (Fsp3) is 0.207. The van der Waals surface area contributed by atoms with E-state index in [0.29, 0.717) is 28.3 Å². The predicted octanol–water partition coefficient (Wildman–Crippen LogP) is 4.65. The van der Waals surface area contributed by atoms with Gasteiger partial charge in [0, 0.05) is 43.6 Å². The molecule has 1 heterocycles. The van der Waals surface area contributed by atoms with E-state index in [1.807, 2.05) is 50.2 Å². The number of amides is 2. The summed E-state index contributed by atoms with van der Waals surface area (Å²) in [6, 6.07) is 18.4. The van der Waals surface area contributed by atoms with E-state index >= 15 is 0 Å². The molecular formula is C29H29N3O5. The van der Waals surface area contributed by atoms with Crippen molar-refractivity contribution in [1.29, 1.82) is 0 Å². The van der Waals surface area contributed by atoms with Crippen LogP contribution in [0, 0.1) is 6.92 Å².